The maximum Gasteiger partial charge on any atom is 0.335 e. The van der Waals surface area contributed by atoms with Crippen molar-refractivity contribution in [3.8, 4) is 6.07 Å². The Labute approximate surface area is 103 Å². The van der Waals surface area contributed by atoms with Gasteiger partial charge < -0.3 is 15.3 Å². The van der Waals surface area contributed by atoms with Crippen LogP contribution in [0.5, 0.6) is 0 Å². The Kier molecular flexibility index (Phi) is 3.15. The van der Waals surface area contributed by atoms with Crippen molar-refractivity contribution >= 4 is 23.3 Å². The highest BCUT2D eigenvalue weighted by Crippen LogP contribution is 2.30. The topological polar surface area (TPSA) is 93.4 Å². The number of rotatable bonds is 3. The Bertz CT molecular complexity index is 548. The van der Waals surface area contributed by atoms with Crippen LogP contribution in [0.3, 0.4) is 0 Å². The number of benzene rings is 1. The Balaban J connectivity index is 2.35. The van der Waals surface area contributed by atoms with E-state index in [1.807, 2.05) is 6.07 Å². The normalized spacial score (nSPS) is 13.5. The lowest BCUT2D eigenvalue weighted by molar-refractivity contribution is -0.115. The number of carboxylic acids is 1. The third-order valence-electron chi connectivity index (χ3n) is 2.69. The molecule has 18 heavy (non-hydrogen) atoms. The Morgan fingerprint density at radius 3 is 3.00 bits per heavy atom. The molecule has 0 aromatic heterocycles. The van der Waals surface area contributed by atoms with E-state index in [0.29, 0.717) is 18.7 Å². The molecule has 1 aliphatic rings. The second-order valence-corrected chi connectivity index (χ2v) is 3.91. The molecular weight excluding hydrogens is 234 g/mol. The van der Waals surface area contributed by atoms with Gasteiger partial charge in [0.15, 0.2) is 0 Å². The van der Waals surface area contributed by atoms with E-state index in [1.54, 1.807) is 11.0 Å². The number of nitriles is 1. The molecule has 0 saturated heterocycles. The van der Waals surface area contributed by atoms with E-state index >= 15 is 0 Å². The van der Waals surface area contributed by atoms with Gasteiger partial charge in [-0.1, -0.05) is 0 Å². The smallest absolute Gasteiger partial charge is 0.335 e. The highest BCUT2D eigenvalue weighted by atomic mass is 16.4. The lowest BCUT2D eigenvalue weighted by Crippen LogP contribution is -2.38. The van der Waals surface area contributed by atoms with Gasteiger partial charge in [0.25, 0.3) is 0 Å². The number of carbonyl (C=O) groups is 2. The standard InChI is InChI=1S/C12H11N3O3/c13-4-1-5-15-7-11(16)14-9-6-8(12(17)18)2-3-10(9)15/h2-3,6H,1,5,7H2,(H,14,16)(H,17,18). The lowest BCUT2D eigenvalue weighted by atomic mass is 10.1. The van der Waals surface area contributed by atoms with Crippen molar-refractivity contribution in [2.24, 2.45) is 0 Å². The van der Waals surface area contributed by atoms with E-state index in [-0.39, 0.29) is 18.0 Å². The summed E-state index contributed by atoms with van der Waals surface area (Å²) in [4.78, 5) is 24.1. The summed E-state index contributed by atoms with van der Waals surface area (Å²) < 4.78 is 0. The second-order valence-electron chi connectivity index (χ2n) is 3.91. The molecule has 1 aliphatic heterocycles. The number of fused-ring (bicyclic) bond motifs is 1. The molecule has 0 unspecified atom stereocenters. The summed E-state index contributed by atoms with van der Waals surface area (Å²) in [6.45, 7) is 0.629. The molecule has 0 spiro atoms. The van der Waals surface area contributed by atoms with Gasteiger partial charge in [0.2, 0.25) is 5.91 Å². The number of hydrogen-bond donors (Lipinski definition) is 2. The Morgan fingerprint density at radius 2 is 2.33 bits per heavy atom. The van der Waals surface area contributed by atoms with E-state index in [4.69, 9.17) is 10.4 Å². The molecule has 6 heteroatoms. The SMILES string of the molecule is N#CCCN1CC(=O)Nc2cc(C(=O)O)ccc21. The lowest BCUT2D eigenvalue weighted by Gasteiger charge is -2.30. The van der Waals surface area contributed by atoms with Gasteiger partial charge in [-0.05, 0) is 18.2 Å². The van der Waals surface area contributed by atoms with E-state index in [0.717, 1.165) is 5.69 Å². The largest absolute Gasteiger partial charge is 0.478 e. The summed E-state index contributed by atoms with van der Waals surface area (Å²) in [5.41, 5.74) is 1.34. The molecule has 1 amide bonds. The molecule has 0 fully saturated rings. The molecule has 0 atom stereocenters. The average molecular weight is 245 g/mol. The number of hydrogen-bond acceptors (Lipinski definition) is 4. The van der Waals surface area contributed by atoms with Crippen LogP contribution >= 0.6 is 0 Å². The van der Waals surface area contributed by atoms with Crippen LogP contribution in [-0.2, 0) is 4.79 Å². The van der Waals surface area contributed by atoms with E-state index in [9.17, 15) is 9.59 Å². The quantitative estimate of drug-likeness (QED) is 0.830. The van der Waals surface area contributed by atoms with E-state index in [1.165, 1.54) is 12.1 Å². The molecule has 0 bridgehead atoms. The summed E-state index contributed by atoms with van der Waals surface area (Å²) in [5.74, 6) is -1.25. The molecule has 0 aliphatic carbocycles. The Morgan fingerprint density at radius 1 is 1.56 bits per heavy atom. The summed E-state index contributed by atoms with van der Waals surface area (Å²) in [6.07, 6.45) is 0.313. The third kappa shape index (κ3) is 2.25. The Hall–Kier alpha value is -2.55. The van der Waals surface area contributed by atoms with E-state index in [2.05, 4.69) is 5.32 Å². The van der Waals surface area contributed by atoms with Crippen LogP contribution in [0.15, 0.2) is 18.2 Å². The summed E-state index contributed by atoms with van der Waals surface area (Å²) >= 11 is 0. The molecule has 92 valence electrons. The number of nitrogens with one attached hydrogen (secondary N) is 1. The van der Waals surface area contributed by atoms with Gasteiger partial charge >= 0.3 is 5.97 Å². The number of carboxylic acid groups (broad SMARTS) is 1. The highest BCUT2D eigenvalue weighted by Gasteiger charge is 2.22. The average Bonchev–Trinajstić information content (AvgIpc) is 2.34. The van der Waals surface area contributed by atoms with Crippen molar-refractivity contribution in [3.05, 3.63) is 23.8 Å². The fraction of sp³-hybridized carbons (Fsp3) is 0.250. The fourth-order valence-electron chi connectivity index (χ4n) is 1.88. The monoisotopic (exact) mass is 245 g/mol. The minimum absolute atomic E-state index is 0.121. The van der Waals surface area contributed by atoms with Crippen molar-refractivity contribution in [2.45, 2.75) is 6.42 Å². The van der Waals surface area contributed by atoms with Crippen molar-refractivity contribution in [1.29, 1.82) is 5.26 Å². The van der Waals surface area contributed by atoms with Crippen LogP contribution in [-0.4, -0.2) is 30.1 Å². The van der Waals surface area contributed by atoms with Gasteiger partial charge in [0.05, 0.1) is 36.0 Å². The number of nitrogens with zero attached hydrogens (tertiary/aromatic N) is 2. The van der Waals surface area contributed by atoms with Gasteiger partial charge in [0.1, 0.15) is 0 Å². The molecule has 2 N–H and O–H groups in total. The zero-order valence-electron chi connectivity index (χ0n) is 9.51. The van der Waals surface area contributed by atoms with Gasteiger partial charge in [0, 0.05) is 6.54 Å². The van der Waals surface area contributed by atoms with Crippen molar-refractivity contribution < 1.29 is 14.7 Å². The van der Waals surface area contributed by atoms with Crippen LogP contribution in [0.25, 0.3) is 0 Å². The van der Waals surface area contributed by atoms with Crippen molar-refractivity contribution in [1.82, 2.24) is 0 Å². The molecular formula is C12H11N3O3. The summed E-state index contributed by atoms with van der Waals surface area (Å²) in [7, 11) is 0. The minimum Gasteiger partial charge on any atom is -0.478 e. The first-order valence-electron chi connectivity index (χ1n) is 5.41. The number of carbonyl (C=O) groups excluding carboxylic acids is 1. The molecule has 0 saturated carbocycles. The van der Waals surface area contributed by atoms with Gasteiger partial charge in [-0.15, -0.1) is 0 Å². The summed E-state index contributed by atoms with van der Waals surface area (Å²) in [6, 6.07) is 6.58. The predicted octanol–water partition coefficient (Wildman–Crippen LogP) is 1.06. The molecule has 2 rings (SSSR count). The van der Waals surface area contributed by atoms with Crippen molar-refractivity contribution in [2.75, 3.05) is 23.3 Å². The van der Waals surface area contributed by atoms with Crippen LogP contribution in [0, 0.1) is 11.3 Å². The molecule has 6 nitrogen and oxygen atoms in total. The zero-order valence-corrected chi connectivity index (χ0v) is 9.51. The summed E-state index contributed by atoms with van der Waals surface area (Å²) in [5, 5.41) is 20.1. The van der Waals surface area contributed by atoms with Crippen LogP contribution in [0.4, 0.5) is 11.4 Å². The fourth-order valence-corrected chi connectivity index (χ4v) is 1.88. The number of amides is 1. The first-order chi connectivity index (χ1) is 8.61. The zero-order chi connectivity index (χ0) is 13.1. The minimum atomic E-state index is -1.04. The van der Waals surface area contributed by atoms with Gasteiger partial charge in [-0.3, -0.25) is 4.79 Å². The molecule has 0 radical (unpaired) electrons. The maximum atomic E-state index is 11.5. The highest BCUT2D eigenvalue weighted by molar-refractivity contribution is 6.03. The first-order valence-corrected chi connectivity index (χ1v) is 5.41. The van der Waals surface area contributed by atoms with Crippen LogP contribution < -0.4 is 10.2 Å². The number of aromatic carboxylic acids is 1. The van der Waals surface area contributed by atoms with Crippen LogP contribution in [0.1, 0.15) is 16.8 Å². The predicted molar refractivity (Wildman–Crippen MR) is 64.5 cm³/mol. The first kappa shape index (κ1) is 11.9. The van der Waals surface area contributed by atoms with Gasteiger partial charge in [-0.25, -0.2) is 4.79 Å². The van der Waals surface area contributed by atoms with Crippen LogP contribution in [0.2, 0.25) is 0 Å². The van der Waals surface area contributed by atoms with Gasteiger partial charge in [-0.2, -0.15) is 5.26 Å². The van der Waals surface area contributed by atoms with E-state index < -0.39 is 5.97 Å². The second kappa shape index (κ2) is 4.75. The third-order valence-corrected chi connectivity index (χ3v) is 2.69. The molecule has 1 aromatic rings. The maximum absolute atomic E-state index is 11.5. The number of anilines is 2. The van der Waals surface area contributed by atoms with Crippen molar-refractivity contribution in [3.63, 3.8) is 0 Å². The molecule has 1 aromatic carbocycles. The molecule has 1 heterocycles.